The lowest BCUT2D eigenvalue weighted by molar-refractivity contribution is -0.121. The summed E-state index contributed by atoms with van der Waals surface area (Å²) in [5, 5.41) is 12.7. The van der Waals surface area contributed by atoms with E-state index >= 15 is 0 Å². The van der Waals surface area contributed by atoms with Gasteiger partial charge in [0, 0.05) is 13.0 Å². The third-order valence-corrected chi connectivity index (χ3v) is 2.80. The molecule has 98 valence electrons. The maximum atomic E-state index is 11.3. The van der Waals surface area contributed by atoms with Gasteiger partial charge in [-0.3, -0.25) is 4.79 Å². The van der Waals surface area contributed by atoms with Gasteiger partial charge in [-0.05, 0) is 31.0 Å². The fraction of sp³-hybridized carbons (Fsp3) is 0.462. The zero-order valence-corrected chi connectivity index (χ0v) is 10.3. The Hall–Kier alpha value is -1.75. The Kier molecular flexibility index (Phi) is 4.04. The third-order valence-electron chi connectivity index (χ3n) is 2.80. The van der Waals surface area contributed by atoms with Crippen molar-refractivity contribution in [2.75, 3.05) is 13.3 Å². The van der Waals surface area contributed by atoms with Gasteiger partial charge >= 0.3 is 0 Å². The second kappa shape index (κ2) is 5.73. The number of aliphatic hydroxyl groups excluding tert-OH is 1. The van der Waals surface area contributed by atoms with Crippen molar-refractivity contribution in [2.45, 2.75) is 25.9 Å². The van der Waals surface area contributed by atoms with Crippen LogP contribution in [0.1, 0.15) is 31.4 Å². The molecule has 0 saturated carbocycles. The molecule has 1 atom stereocenters. The van der Waals surface area contributed by atoms with Crippen LogP contribution in [0.15, 0.2) is 18.2 Å². The van der Waals surface area contributed by atoms with Crippen molar-refractivity contribution in [2.24, 2.45) is 0 Å². The summed E-state index contributed by atoms with van der Waals surface area (Å²) >= 11 is 0. The number of amides is 1. The van der Waals surface area contributed by atoms with Crippen LogP contribution in [-0.4, -0.2) is 24.4 Å². The maximum absolute atomic E-state index is 11.3. The van der Waals surface area contributed by atoms with Gasteiger partial charge in [0.2, 0.25) is 12.7 Å². The molecule has 5 heteroatoms. The molecule has 1 heterocycles. The minimum absolute atomic E-state index is 0.0442. The number of aliphatic hydroxyl groups is 1. The Bertz CT molecular complexity index is 433. The molecule has 1 unspecified atom stereocenters. The maximum Gasteiger partial charge on any atom is 0.231 e. The van der Waals surface area contributed by atoms with Crippen LogP contribution < -0.4 is 14.8 Å². The van der Waals surface area contributed by atoms with Crippen molar-refractivity contribution in [1.29, 1.82) is 0 Å². The molecule has 18 heavy (non-hydrogen) atoms. The van der Waals surface area contributed by atoms with E-state index in [9.17, 15) is 9.90 Å². The monoisotopic (exact) mass is 251 g/mol. The fourth-order valence-corrected chi connectivity index (χ4v) is 1.84. The predicted octanol–water partition coefficient (Wildman–Crippen LogP) is 1.36. The minimum Gasteiger partial charge on any atom is -0.454 e. The largest absolute Gasteiger partial charge is 0.454 e. The van der Waals surface area contributed by atoms with Crippen LogP contribution >= 0.6 is 0 Å². The van der Waals surface area contributed by atoms with E-state index in [4.69, 9.17) is 9.47 Å². The van der Waals surface area contributed by atoms with Crippen molar-refractivity contribution in [3.63, 3.8) is 0 Å². The molecular weight excluding hydrogens is 234 g/mol. The Morgan fingerprint density at radius 3 is 3.00 bits per heavy atom. The number of carbonyl (C=O) groups excluding carboxylic acids is 1. The van der Waals surface area contributed by atoms with Crippen molar-refractivity contribution >= 4 is 5.91 Å². The number of benzene rings is 1. The highest BCUT2D eigenvalue weighted by atomic mass is 16.7. The molecule has 1 aliphatic heterocycles. The van der Waals surface area contributed by atoms with Crippen molar-refractivity contribution in [1.82, 2.24) is 5.32 Å². The number of carbonyl (C=O) groups is 1. The zero-order valence-electron chi connectivity index (χ0n) is 10.3. The van der Waals surface area contributed by atoms with Crippen molar-refractivity contribution in [3.8, 4) is 11.5 Å². The van der Waals surface area contributed by atoms with E-state index in [1.165, 1.54) is 0 Å². The molecule has 1 aromatic carbocycles. The SMILES string of the molecule is CCNC(=O)CCC(O)c1ccc2c(c1)OCO2. The molecule has 0 saturated heterocycles. The highest BCUT2D eigenvalue weighted by molar-refractivity contribution is 5.75. The quantitative estimate of drug-likeness (QED) is 0.829. The second-order valence-electron chi connectivity index (χ2n) is 4.12. The van der Waals surface area contributed by atoms with E-state index < -0.39 is 6.10 Å². The van der Waals surface area contributed by atoms with Gasteiger partial charge in [-0.1, -0.05) is 6.07 Å². The first-order valence-electron chi connectivity index (χ1n) is 6.05. The Morgan fingerprint density at radius 2 is 2.22 bits per heavy atom. The van der Waals surface area contributed by atoms with Crippen LogP contribution in [0.2, 0.25) is 0 Å². The van der Waals surface area contributed by atoms with Gasteiger partial charge < -0.3 is 19.9 Å². The van der Waals surface area contributed by atoms with E-state index in [2.05, 4.69) is 5.32 Å². The Labute approximate surface area is 106 Å². The summed E-state index contributed by atoms with van der Waals surface area (Å²) in [7, 11) is 0. The highest BCUT2D eigenvalue weighted by Crippen LogP contribution is 2.34. The van der Waals surface area contributed by atoms with E-state index in [0.717, 1.165) is 5.56 Å². The molecule has 5 nitrogen and oxygen atoms in total. The summed E-state index contributed by atoms with van der Waals surface area (Å²) < 4.78 is 10.4. The van der Waals surface area contributed by atoms with Crippen LogP contribution in [-0.2, 0) is 4.79 Å². The summed E-state index contributed by atoms with van der Waals surface area (Å²) in [4.78, 5) is 11.3. The topological polar surface area (TPSA) is 67.8 Å². The lowest BCUT2D eigenvalue weighted by Gasteiger charge is -2.11. The van der Waals surface area contributed by atoms with Crippen molar-refractivity contribution < 1.29 is 19.4 Å². The summed E-state index contributed by atoms with van der Waals surface area (Å²) in [6.07, 6.45) is 0.0386. The molecule has 0 fully saturated rings. The molecule has 2 rings (SSSR count). The van der Waals surface area contributed by atoms with Gasteiger partial charge in [-0.15, -0.1) is 0 Å². The molecule has 0 aromatic heterocycles. The third kappa shape index (κ3) is 2.92. The summed E-state index contributed by atoms with van der Waals surface area (Å²) in [5.41, 5.74) is 0.739. The first-order chi connectivity index (χ1) is 8.70. The number of nitrogens with one attached hydrogen (secondary N) is 1. The Balaban J connectivity index is 1.92. The van der Waals surface area contributed by atoms with Gasteiger partial charge in [0.15, 0.2) is 11.5 Å². The number of hydrogen-bond acceptors (Lipinski definition) is 4. The van der Waals surface area contributed by atoms with Gasteiger partial charge in [-0.25, -0.2) is 0 Å². The lowest BCUT2D eigenvalue weighted by atomic mass is 10.0. The molecule has 0 bridgehead atoms. The zero-order chi connectivity index (χ0) is 13.0. The molecule has 1 aromatic rings. The lowest BCUT2D eigenvalue weighted by Crippen LogP contribution is -2.22. The normalized spacial score (nSPS) is 14.3. The number of fused-ring (bicyclic) bond motifs is 1. The summed E-state index contributed by atoms with van der Waals surface area (Å²) in [6, 6.07) is 5.31. The summed E-state index contributed by atoms with van der Waals surface area (Å²) in [6.45, 7) is 2.69. The smallest absolute Gasteiger partial charge is 0.231 e. The fourth-order valence-electron chi connectivity index (χ4n) is 1.84. The number of rotatable bonds is 5. The average molecular weight is 251 g/mol. The summed E-state index contributed by atoms with van der Waals surface area (Å²) in [5.74, 6) is 1.29. The minimum atomic E-state index is -0.665. The molecular formula is C13H17NO4. The molecule has 1 aliphatic rings. The molecule has 0 spiro atoms. The van der Waals surface area contributed by atoms with E-state index in [0.29, 0.717) is 30.9 Å². The second-order valence-corrected chi connectivity index (χ2v) is 4.12. The van der Waals surface area contributed by atoms with Gasteiger partial charge in [-0.2, -0.15) is 0 Å². The van der Waals surface area contributed by atoms with E-state index in [1.54, 1.807) is 18.2 Å². The average Bonchev–Trinajstić information content (AvgIpc) is 2.83. The number of hydrogen-bond donors (Lipinski definition) is 2. The van der Waals surface area contributed by atoms with E-state index in [-0.39, 0.29) is 12.7 Å². The van der Waals surface area contributed by atoms with Crippen LogP contribution in [0.25, 0.3) is 0 Å². The van der Waals surface area contributed by atoms with Crippen LogP contribution in [0.3, 0.4) is 0 Å². The first kappa shape index (κ1) is 12.7. The van der Waals surface area contributed by atoms with Gasteiger partial charge in [0.25, 0.3) is 0 Å². The highest BCUT2D eigenvalue weighted by Gasteiger charge is 2.17. The molecule has 0 radical (unpaired) electrons. The van der Waals surface area contributed by atoms with Crippen molar-refractivity contribution in [3.05, 3.63) is 23.8 Å². The molecule has 2 N–H and O–H groups in total. The van der Waals surface area contributed by atoms with Crippen LogP contribution in [0, 0.1) is 0 Å². The van der Waals surface area contributed by atoms with E-state index in [1.807, 2.05) is 6.92 Å². The van der Waals surface area contributed by atoms with Gasteiger partial charge in [0.05, 0.1) is 6.10 Å². The van der Waals surface area contributed by atoms with Crippen LogP contribution in [0.4, 0.5) is 0 Å². The molecule has 1 amide bonds. The standard InChI is InChI=1S/C13H17NO4/c1-2-14-13(16)6-4-10(15)9-3-5-11-12(7-9)18-8-17-11/h3,5,7,10,15H,2,4,6,8H2,1H3,(H,14,16). The molecule has 0 aliphatic carbocycles. The van der Waals surface area contributed by atoms with Gasteiger partial charge in [0.1, 0.15) is 0 Å². The van der Waals surface area contributed by atoms with Crippen LogP contribution in [0.5, 0.6) is 11.5 Å². The number of ether oxygens (including phenoxy) is 2. The Morgan fingerprint density at radius 1 is 1.44 bits per heavy atom. The predicted molar refractivity (Wildman–Crippen MR) is 65.4 cm³/mol. The first-order valence-corrected chi connectivity index (χ1v) is 6.05.